The molecule has 0 unspecified atom stereocenters. The summed E-state index contributed by atoms with van der Waals surface area (Å²) in [5, 5.41) is 10.2. The highest BCUT2D eigenvalue weighted by Gasteiger charge is 2.03. The normalized spacial score (nSPS) is 9.50. The number of nitrogens with one attached hydrogen (secondary N) is 1. The number of carbonyl (C=O) groups is 1. The van der Waals surface area contributed by atoms with E-state index in [1.54, 1.807) is 0 Å². The molecule has 1 rings (SSSR count). The third-order valence-electron chi connectivity index (χ3n) is 1.04. The van der Waals surface area contributed by atoms with Crippen molar-refractivity contribution in [2.24, 2.45) is 0 Å². The summed E-state index contributed by atoms with van der Waals surface area (Å²) in [5.41, 5.74) is 0. The van der Waals surface area contributed by atoms with Gasteiger partial charge in [0.05, 0.1) is 0 Å². The molecule has 0 aliphatic heterocycles. The second-order valence-corrected chi connectivity index (χ2v) is 2.65. The van der Waals surface area contributed by atoms with Gasteiger partial charge in [-0.25, -0.2) is 14.2 Å². The standard InChI is InChI=1S/C6H4BrFN2O2/c7-5-3(8)1-2-4(9-5)10-6(11)12/h1-2H,(H,9,10)(H,11,12). The smallest absolute Gasteiger partial charge is 0.410 e. The Morgan fingerprint density at radius 1 is 1.67 bits per heavy atom. The molecule has 6 heteroatoms. The van der Waals surface area contributed by atoms with E-state index in [-0.39, 0.29) is 10.4 Å². The molecule has 0 aliphatic carbocycles. The van der Waals surface area contributed by atoms with Crippen molar-refractivity contribution in [1.82, 2.24) is 4.98 Å². The highest BCUT2D eigenvalue weighted by Crippen LogP contribution is 2.14. The summed E-state index contributed by atoms with van der Waals surface area (Å²) < 4.78 is 12.5. The van der Waals surface area contributed by atoms with E-state index in [0.717, 1.165) is 6.07 Å². The van der Waals surface area contributed by atoms with Crippen LogP contribution >= 0.6 is 15.9 Å². The van der Waals surface area contributed by atoms with Gasteiger partial charge in [-0.1, -0.05) is 0 Å². The van der Waals surface area contributed by atoms with E-state index in [9.17, 15) is 9.18 Å². The van der Waals surface area contributed by atoms with Gasteiger partial charge < -0.3 is 5.11 Å². The van der Waals surface area contributed by atoms with Crippen LogP contribution in [-0.4, -0.2) is 16.2 Å². The number of halogens is 2. The van der Waals surface area contributed by atoms with Crippen LogP contribution in [0.1, 0.15) is 0 Å². The molecule has 2 N–H and O–H groups in total. The van der Waals surface area contributed by atoms with Crippen LogP contribution in [0.25, 0.3) is 0 Å². The fourth-order valence-corrected chi connectivity index (χ4v) is 0.920. The number of hydrogen-bond donors (Lipinski definition) is 2. The lowest BCUT2D eigenvalue weighted by atomic mass is 10.4. The number of carboxylic acid groups (broad SMARTS) is 1. The summed E-state index contributed by atoms with van der Waals surface area (Å²) >= 11 is 2.82. The molecule has 1 aromatic heterocycles. The van der Waals surface area contributed by atoms with Crippen LogP contribution < -0.4 is 5.32 Å². The van der Waals surface area contributed by atoms with E-state index in [2.05, 4.69) is 20.9 Å². The first-order valence-electron chi connectivity index (χ1n) is 2.91. The van der Waals surface area contributed by atoms with Crippen molar-refractivity contribution in [3.05, 3.63) is 22.6 Å². The van der Waals surface area contributed by atoms with Gasteiger partial charge in [-0.15, -0.1) is 0 Å². The van der Waals surface area contributed by atoms with Gasteiger partial charge in [-0.05, 0) is 28.1 Å². The summed E-state index contributed by atoms with van der Waals surface area (Å²) in [4.78, 5) is 13.7. The van der Waals surface area contributed by atoms with Crippen molar-refractivity contribution in [1.29, 1.82) is 0 Å². The third kappa shape index (κ3) is 2.16. The molecule has 1 heterocycles. The van der Waals surface area contributed by atoms with Gasteiger partial charge in [0.1, 0.15) is 10.4 Å². The quantitative estimate of drug-likeness (QED) is 0.732. The molecule has 0 spiro atoms. The van der Waals surface area contributed by atoms with Crippen molar-refractivity contribution >= 4 is 27.8 Å². The SMILES string of the molecule is O=C(O)Nc1ccc(F)c(Br)n1. The maximum Gasteiger partial charge on any atom is 0.410 e. The molecule has 0 saturated heterocycles. The molecule has 4 nitrogen and oxygen atoms in total. The van der Waals surface area contributed by atoms with E-state index in [1.807, 2.05) is 5.32 Å². The monoisotopic (exact) mass is 234 g/mol. The average Bonchev–Trinajstić information content (AvgIpc) is 1.96. The van der Waals surface area contributed by atoms with Crippen molar-refractivity contribution in [2.75, 3.05) is 5.32 Å². The zero-order chi connectivity index (χ0) is 9.14. The van der Waals surface area contributed by atoms with Gasteiger partial charge in [-0.3, -0.25) is 5.32 Å². The van der Waals surface area contributed by atoms with E-state index >= 15 is 0 Å². The molecule has 0 atom stereocenters. The molecule has 0 saturated carbocycles. The molecular formula is C6H4BrFN2O2. The highest BCUT2D eigenvalue weighted by molar-refractivity contribution is 9.10. The summed E-state index contributed by atoms with van der Waals surface area (Å²) in [6, 6.07) is 2.34. The minimum atomic E-state index is -1.24. The molecule has 1 amide bonds. The Morgan fingerprint density at radius 2 is 2.33 bits per heavy atom. The molecule has 12 heavy (non-hydrogen) atoms. The Labute approximate surface area is 75.6 Å². The van der Waals surface area contributed by atoms with Gasteiger partial charge in [0.15, 0.2) is 5.82 Å². The average molecular weight is 235 g/mol. The third-order valence-corrected chi connectivity index (χ3v) is 1.59. The zero-order valence-electron chi connectivity index (χ0n) is 5.71. The number of rotatable bonds is 1. The number of aromatic nitrogens is 1. The van der Waals surface area contributed by atoms with Gasteiger partial charge in [0, 0.05) is 0 Å². The second-order valence-electron chi connectivity index (χ2n) is 1.90. The van der Waals surface area contributed by atoms with Crippen molar-refractivity contribution in [3.63, 3.8) is 0 Å². The fraction of sp³-hybridized carbons (Fsp3) is 0. The van der Waals surface area contributed by atoms with Crippen LogP contribution in [-0.2, 0) is 0 Å². The molecule has 0 radical (unpaired) electrons. The molecular weight excluding hydrogens is 231 g/mol. The first-order valence-corrected chi connectivity index (χ1v) is 3.71. The lowest BCUT2D eigenvalue weighted by Gasteiger charge is -1.99. The first-order chi connectivity index (χ1) is 5.59. The van der Waals surface area contributed by atoms with Crippen LogP contribution in [0.4, 0.5) is 15.0 Å². The van der Waals surface area contributed by atoms with Gasteiger partial charge >= 0.3 is 6.09 Å². The molecule has 64 valence electrons. The van der Waals surface area contributed by atoms with Crippen LogP contribution in [0.15, 0.2) is 16.7 Å². The Kier molecular flexibility index (Phi) is 2.59. The van der Waals surface area contributed by atoms with E-state index in [1.165, 1.54) is 6.07 Å². The summed E-state index contributed by atoms with van der Waals surface area (Å²) in [6.45, 7) is 0. The lowest BCUT2D eigenvalue weighted by Crippen LogP contribution is -2.08. The second kappa shape index (κ2) is 3.48. The molecule has 0 bridgehead atoms. The largest absolute Gasteiger partial charge is 0.465 e. The Bertz CT molecular complexity index is 318. The Balaban J connectivity index is 2.89. The predicted molar refractivity (Wildman–Crippen MR) is 43.5 cm³/mol. The zero-order valence-corrected chi connectivity index (χ0v) is 7.30. The summed E-state index contributed by atoms with van der Waals surface area (Å²) in [6.07, 6.45) is -1.24. The maximum absolute atomic E-state index is 12.6. The molecule has 0 aliphatic rings. The first kappa shape index (κ1) is 8.92. The Morgan fingerprint density at radius 3 is 2.83 bits per heavy atom. The van der Waals surface area contributed by atoms with Crippen molar-refractivity contribution in [3.8, 4) is 0 Å². The minimum Gasteiger partial charge on any atom is -0.465 e. The predicted octanol–water partition coefficient (Wildman–Crippen LogP) is 2.07. The summed E-state index contributed by atoms with van der Waals surface area (Å²) in [5.74, 6) is -0.457. The van der Waals surface area contributed by atoms with Crippen LogP contribution in [0.2, 0.25) is 0 Å². The fourth-order valence-electron chi connectivity index (χ4n) is 0.596. The van der Waals surface area contributed by atoms with Gasteiger partial charge in [-0.2, -0.15) is 0 Å². The Hall–Kier alpha value is -1.17. The molecule has 0 aromatic carbocycles. The number of hydrogen-bond acceptors (Lipinski definition) is 2. The van der Waals surface area contributed by atoms with Crippen LogP contribution in [0, 0.1) is 5.82 Å². The summed E-state index contributed by atoms with van der Waals surface area (Å²) in [7, 11) is 0. The van der Waals surface area contributed by atoms with E-state index in [4.69, 9.17) is 5.11 Å². The van der Waals surface area contributed by atoms with E-state index in [0.29, 0.717) is 0 Å². The van der Waals surface area contributed by atoms with Crippen molar-refractivity contribution < 1.29 is 14.3 Å². The molecule has 0 fully saturated rings. The number of nitrogens with zero attached hydrogens (tertiary/aromatic N) is 1. The highest BCUT2D eigenvalue weighted by atomic mass is 79.9. The topological polar surface area (TPSA) is 62.2 Å². The van der Waals surface area contributed by atoms with Crippen LogP contribution in [0.3, 0.4) is 0 Å². The number of anilines is 1. The maximum atomic E-state index is 12.6. The van der Waals surface area contributed by atoms with Gasteiger partial charge in [0.25, 0.3) is 0 Å². The molecule has 1 aromatic rings. The number of pyridine rings is 1. The number of amides is 1. The van der Waals surface area contributed by atoms with Crippen molar-refractivity contribution in [2.45, 2.75) is 0 Å². The van der Waals surface area contributed by atoms with E-state index < -0.39 is 11.9 Å². The lowest BCUT2D eigenvalue weighted by molar-refractivity contribution is 0.209. The van der Waals surface area contributed by atoms with Crippen LogP contribution in [0.5, 0.6) is 0 Å². The minimum absolute atomic E-state index is 0.0197. The van der Waals surface area contributed by atoms with Gasteiger partial charge in [0.2, 0.25) is 0 Å².